The zero-order valence-electron chi connectivity index (χ0n) is 7.38. The van der Waals surface area contributed by atoms with Crippen LogP contribution in [0.4, 0.5) is 0 Å². The molecule has 0 bridgehead atoms. The van der Waals surface area contributed by atoms with E-state index in [9.17, 15) is 0 Å². The van der Waals surface area contributed by atoms with Crippen LogP contribution in [0.1, 0.15) is 5.56 Å². The fraction of sp³-hybridized carbons (Fsp3) is 0.111. The summed E-state index contributed by atoms with van der Waals surface area (Å²) >= 11 is 3.01. The molecule has 0 spiro atoms. The Labute approximate surface area is 90.5 Å². The zero-order valence-corrected chi connectivity index (χ0v) is 9.02. The number of rotatable bonds is 3. The number of hydrogen-bond acceptors (Lipinski definition) is 5. The van der Waals surface area contributed by atoms with Gasteiger partial charge in [0.2, 0.25) is 0 Å². The Hall–Kier alpha value is -0.910. The van der Waals surface area contributed by atoms with Gasteiger partial charge in [0.1, 0.15) is 6.33 Å². The van der Waals surface area contributed by atoms with Gasteiger partial charge >= 0.3 is 0 Å². The molecule has 1 heterocycles. The van der Waals surface area contributed by atoms with E-state index >= 15 is 0 Å². The fourth-order valence-electron chi connectivity index (χ4n) is 1.04. The van der Waals surface area contributed by atoms with Crippen molar-refractivity contribution in [2.75, 3.05) is 0 Å². The molecule has 0 aliphatic heterocycles. The predicted octanol–water partition coefficient (Wildman–Crippen LogP) is 2.15. The van der Waals surface area contributed by atoms with Gasteiger partial charge in [0.05, 0.1) is 0 Å². The molecular weight excluding hydrogens is 214 g/mol. The third kappa shape index (κ3) is 2.31. The second-order valence-electron chi connectivity index (χ2n) is 2.66. The summed E-state index contributed by atoms with van der Waals surface area (Å²) < 4.78 is 4.90. The van der Waals surface area contributed by atoms with Crippen molar-refractivity contribution in [3.8, 4) is 0 Å². The first-order valence-corrected chi connectivity index (χ1v) is 5.71. The highest BCUT2D eigenvalue weighted by molar-refractivity contribution is 8.01. The lowest BCUT2D eigenvalue weighted by molar-refractivity contribution is 1.06. The molecule has 14 heavy (non-hydrogen) atoms. The number of aromatic nitrogens is 2. The smallest absolute Gasteiger partial charge is 0.174 e. The van der Waals surface area contributed by atoms with E-state index in [0.29, 0.717) is 6.54 Å². The van der Waals surface area contributed by atoms with Gasteiger partial charge in [-0.2, -0.15) is 4.37 Å². The van der Waals surface area contributed by atoms with Crippen molar-refractivity contribution in [1.29, 1.82) is 0 Å². The van der Waals surface area contributed by atoms with Gasteiger partial charge in [-0.05, 0) is 29.2 Å². The van der Waals surface area contributed by atoms with Crippen LogP contribution >= 0.6 is 23.3 Å². The standard InChI is InChI=1S/C9H9N3S2/c10-5-7-2-1-3-8(4-7)13-9-11-6-12-14-9/h1-4,6H,5,10H2. The maximum absolute atomic E-state index is 5.56. The fourth-order valence-corrected chi connectivity index (χ4v) is 2.55. The highest BCUT2D eigenvalue weighted by atomic mass is 32.2. The van der Waals surface area contributed by atoms with Gasteiger partial charge in [-0.1, -0.05) is 23.9 Å². The Bertz CT molecular complexity index is 400. The minimum absolute atomic E-state index is 0.574. The molecule has 0 fully saturated rings. The van der Waals surface area contributed by atoms with E-state index in [4.69, 9.17) is 5.73 Å². The summed E-state index contributed by atoms with van der Waals surface area (Å²) in [7, 11) is 0. The van der Waals surface area contributed by atoms with E-state index in [0.717, 1.165) is 14.8 Å². The minimum atomic E-state index is 0.574. The Morgan fingerprint density at radius 2 is 2.36 bits per heavy atom. The first-order valence-electron chi connectivity index (χ1n) is 4.12. The number of hydrogen-bond donors (Lipinski definition) is 1. The topological polar surface area (TPSA) is 51.8 Å². The molecule has 1 aromatic heterocycles. The molecule has 0 saturated heterocycles. The van der Waals surface area contributed by atoms with Crippen LogP contribution in [-0.2, 0) is 6.54 Å². The summed E-state index contributed by atoms with van der Waals surface area (Å²) in [4.78, 5) is 5.26. The molecule has 72 valence electrons. The highest BCUT2D eigenvalue weighted by Crippen LogP contribution is 2.28. The summed E-state index contributed by atoms with van der Waals surface area (Å²) in [5, 5.41) is 0. The summed E-state index contributed by atoms with van der Waals surface area (Å²) in [6.07, 6.45) is 1.57. The average molecular weight is 223 g/mol. The first kappa shape index (κ1) is 9.64. The second kappa shape index (κ2) is 4.54. The number of benzene rings is 1. The summed E-state index contributed by atoms with van der Waals surface area (Å²) in [6, 6.07) is 8.15. The molecule has 0 saturated carbocycles. The van der Waals surface area contributed by atoms with Gasteiger partial charge in [0.15, 0.2) is 4.34 Å². The van der Waals surface area contributed by atoms with Crippen molar-refractivity contribution < 1.29 is 0 Å². The molecular formula is C9H9N3S2. The third-order valence-electron chi connectivity index (χ3n) is 1.68. The third-order valence-corrected chi connectivity index (χ3v) is 3.38. The van der Waals surface area contributed by atoms with Crippen LogP contribution in [0.3, 0.4) is 0 Å². The van der Waals surface area contributed by atoms with Crippen molar-refractivity contribution in [2.45, 2.75) is 15.8 Å². The van der Waals surface area contributed by atoms with E-state index in [1.165, 1.54) is 11.5 Å². The lowest BCUT2D eigenvalue weighted by Crippen LogP contribution is -1.95. The van der Waals surface area contributed by atoms with Crippen LogP contribution in [0.2, 0.25) is 0 Å². The van der Waals surface area contributed by atoms with E-state index in [1.807, 2.05) is 18.2 Å². The molecule has 0 radical (unpaired) electrons. The number of nitrogens with zero attached hydrogens (tertiary/aromatic N) is 2. The van der Waals surface area contributed by atoms with Gasteiger partial charge in [0.25, 0.3) is 0 Å². The van der Waals surface area contributed by atoms with Crippen LogP contribution in [0.25, 0.3) is 0 Å². The largest absolute Gasteiger partial charge is 0.326 e. The molecule has 2 N–H and O–H groups in total. The summed E-state index contributed by atoms with van der Waals surface area (Å²) in [5.74, 6) is 0. The monoisotopic (exact) mass is 223 g/mol. The van der Waals surface area contributed by atoms with Crippen LogP contribution in [-0.4, -0.2) is 9.36 Å². The molecule has 0 atom stereocenters. The molecule has 3 nitrogen and oxygen atoms in total. The molecule has 0 unspecified atom stereocenters. The van der Waals surface area contributed by atoms with Gasteiger partial charge in [0, 0.05) is 11.4 Å². The van der Waals surface area contributed by atoms with E-state index in [-0.39, 0.29) is 0 Å². The highest BCUT2D eigenvalue weighted by Gasteiger charge is 2.00. The lowest BCUT2D eigenvalue weighted by Gasteiger charge is -1.99. The molecule has 2 aromatic rings. The van der Waals surface area contributed by atoms with Gasteiger partial charge in [-0.15, -0.1) is 0 Å². The Morgan fingerprint density at radius 3 is 3.07 bits per heavy atom. The maximum Gasteiger partial charge on any atom is 0.174 e. The second-order valence-corrected chi connectivity index (χ2v) is 4.76. The van der Waals surface area contributed by atoms with Crippen LogP contribution < -0.4 is 5.73 Å². The van der Waals surface area contributed by atoms with Gasteiger partial charge in [-0.25, -0.2) is 4.98 Å². The molecule has 0 aliphatic carbocycles. The van der Waals surface area contributed by atoms with E-state index < -0.39 is 0 Å². The predicted molar refractivity (Wildman–Crippen MR) is 58.4 cm³/mol. The van der Waals surface area contributed by atoms with Crippen LogP contribution in [0, 0.1) is 0 Å². The van der Waals surface area contributed by atoms with Crippen molar-refractivity contribution in [3.63, 3.8) is 0 Å². The van der Waals surface area contributed by atoms with Crippen LogP contribution in [0.15, 0.2) is 39.8 Å². The van der Waals surface area contributed by atoms with Gasteiger partial charge in [-0.3, -0.25) is 0 Å². The zero-order chi connectivity index (χ0) is 9.80. The molecule has 0 aliphatic rings. The number of nitrogens with two attached hydrogens (primary N) is 1. The minimum Gasteiger partial charge on any atom is -0.326 e. The quantitative estimate of drug-likeness (QED) is 0.866. The van der Waals surface area contributed by atoms with Crippen molar-refractivity contribution in [1.82, 2.24) is 9.36 Å². The summed E-state index contributed by atoms with van der Waals surface area (Å²) in [6.45, 7) is 0.574. The van der Waals surface area contributed by atoms with Crippen molar-refractivity contribution in [3.05, 3.63) is 36.2 Å². The van der Waals surface area contributed by atoms with Crippen LogP contribution in [0.5, 0.6) is 0 Å². The molecule has 2 rings (SSSR count). The van der Waals surface area contributed by atoms with Gasteiger partial charge < -0.3 is 5.73 Å². The average Bonchev–Trinajstić information content (AvgIpc) is 2.71. The van der Waals surface area contributed by atoms with Crippen molar-refractivity contribution >= 4 is 23.3 Å². The SMILES string of the molecule is NCc1cccc(Sc2ncns2)c1. The Balaban J connectivity index is 2.17. The lowest BCUT2D eigenvalue weighted by atomic mass is 10.2. The van der Waals surface area contributed by atoms with Crippen molar-refractivity contribution in [2.24, 2.45) is 5.73 Å². The maximum atomic E-state index is 5.56. The summed E-state index contributed by atoms with van der Waals surface area (Å²) in [5.41, 5.74) is 6.70. The molecule has 5 heteroatoms. The first-order chi connectivity index (χ1) is 6.88. The Kier molecular flexibility index (Phi) is 3.13. The van der Waals surface area contributed by atoms with E-state index in [2.05, 4.69) is 15.4 Å². The molecule has 0 amide bonds. The Morgan fingerprint density at radius 1 is 1.43 bits per heavy atom. The normalized spacial score (nSPS) is 10.4. The molecule has 1 aromatic carbocycles. The van der Waals surface area contributed by atoms with E-state index in [1.54, 1.807) is 18.1 Å².